The number of carbonyl (C=O) groups is 1. The second kappa shape index (κ2) is 7.23. The van der Waals surface area contributed by atoms with Crippen LogP contribution < -0.4 is 10.6 Å². The van der Waals surface area contributed by atoms with Crippen molar-refractivity contribution in [3.8, 4) is 0 Å². The van der Waals surface area contributed by atoms with Gasteiger partial charge < -0.3 is 10.6 Å². The molecular weight excluding hydrogens is 268 g/mol. The van der Waals surface area contributed by atoms with Gasteiger partial charge in [0.15, 0.2) is 0 Å². The zero-order valence-corrected chi connectivity index (χ0v) is 13.6. The average molecular weight is 294 g/mol. The van der Waals surface area contributed by atoms with Crippen LogP contribution in [0.25, 0.3) is 0 Å². The molecule has 2 atom stereocenters. The van der Waals surface area contributed by atoms with Crippen molar-refractivity contribution in [1.82, 2.24) is 10.6 Å². The van der Waals surface area contributed by atoms with E-state index in [1.165, 1.54) is 15.3 Å². The molecule has 1 aromatic rings. The smallest absolute Gasteiger partial charge is 0.220 e. The van der Waals surface area contributed by atoms with Crippen molar-refractivity contribution in [2.24, 2.45) is 5.92 Å². The van der Waals surface area contributed by atoms with Gasteiger partial charge in [-0.05, 0) is 63.7 Å². The molecule has 1 aromatic heterocycles. The monoisotopic (exact) mass is 294 g/mol. The Morgan fingerprint density at radius 3 is 2.95 bits per heavy atom. The predicted octanol–water partition coefficient (Wildman–Crippen LogP) is 2.80. The third kappa shape index (κ3) is 4.32. The molecule has 2 N–H and O–H groups in total. The largest absolute Gasteiger partial charge is 0.353 e. The summed E-state index contributed by atoms with van der Waals surface area (Å²) >= 11 is 1.85. The molecule has 1 fully saturated rings. The van der Waals surface area contributed by atoms with Gasteiger partial charge in [-0.3, -0.25) is 4.79 Å². The van der Waals surface area contributed by atoms with E-state index in [9.17, 15) is 4.79 Å². The number of aryl methyl sites for hydroxylation is 3. The number of thiophene rings is 1. The van der Waals surface area contributed by atoms with Gasteiger partial charge >= 0.3 is 0 Å². The minimum absolute atomic E-state index is 0.216. The quantitative estimate of drug-likeness (QED) is 0.877. The van der Waals surface area contributed by atoms with Gasteiger partial charge in [-0.15, -0.1) is 11.3 Å². The maximum atomic E-state index is 12.0. The lowest BCUT2D eigenvalue weighted by molar-refractivity contribution is -0.122. The van der Waals surface area contributed by atoms with Crippen molar-refractivity contribution >= 4 is 17.2 Å². The van der Waals surface area contributed by atoms with Crippen LogP contribution in [0.4, 0.5) is 0 Å². The Hall–Kier alpha value is -0.870. The molecule has 2 unspecified atom stereocenters. The molecule has 0 aromatic carbocycles. The van der Waals surface area contributed by atoms with Crippen LogP contribution in [0.5, 0.6) is 0 Å². The first-order chi connectivity index (χ1) is 9.56. The second-order valence-electron chi connectivity index (χ2n) is 5.94. The molecule has 4 heteroatoms. The molecule has 0 radical (unpaired) electrons. The van der Waals surface area contributed by atoms with E-state index >= 15 is 0 Å². The third-order valence-corrected chi connectivity index (χ3v) is 5.13. The highest BCUT2D eigenvalue weighted by Gasteiger charge is 2.22. The molecule has 0 bridgehead atoms. The molecule has 1 saturated heterocycles. The van der Waals surface area contributed by atoms with E-state index in [1.807, 2.05) is 11.3 Å². The topological polar surface area (TPSA) is 41.1 Å². The summed E-state index contributed by atoms with van der Waals surface area (Å²) < 4.78 is 0. The van der Waals surface area contributed by atoms with Crippen LogP contribution >= 0.6 is 11.3 Å². The Balaban J connectivity index is 1.71. The van der Waals surface area contributed by atoms with Crippen molar-refractivity contribution in [2.75, 3.05) is 13.1 Å². The zero-order chi connectivity index (χ0) is 14.5. The lowest BCUT2D eigenvalue weighted by Gasteiger charge is -2.30. The van der Waals surface area contributed by atoms with Crippen LogP contribution in [-0.2, 0) is 11.2 Å². The summed E-state index contributed by atoms with van der Waals surface area (Å²) in [6.07, 6.45) is 3.66. The number of rotatable bonds is 5. The van der Waals surface area contributed by atoms with Crippen molar-refractivity contribution in [1.29, 1.82) is 0 Å². The molecule has 0 aliphatic carbocycles. The van der Waals surface area contributed by atoms with Crippen molar-refractivity contribution in [3.63, 3.8) is 0 Å². The van der Waals surface area contributed by atoms with Gasteiger partial charge in [-0.25, -0.2) is 0 Å². The van der Waals surface area contributed by atoms with Gasteiger partial charge in [0.25, 0.3) is 0 Å². The second-order valence-corrected chi connectivity index (χ2v) is 7.40. The summed E-state index contributed by atoms with van der Waals surface area (Å²) in [5, 5.41) is 6.56. The first kappa shape index (κ1) is 15.5. The summed E-state index contributed by atoms with van der Waals surface area (Å²) in [5.74, 6) is 0.753. The summed E-state index contributed by atoms with van der Waals surface area (Å²) in [6, 6.07) is 2.61. The highest BCUT2D eigenvalue weighted by molar-refractivity contribution is 7.12. The number of hydrogen-bond donors (Lipinski definition) is 2. The van der Waals surface area contributed by atoms with Crippen LogP contribution in [-0.4, -0.2) is 25.0 Å². The molecule has 2 heterocycles. The highest BCUT2D eigenvalue weighted by Crippen LogP contribution is 2.22. The van der Waals surface area contributed by atoms with Gasteiger partial charge in [0.1, 0.15) is 0 Å². The first-order valence-corrected chi connectivity index (χ1v) is 8.44. The maximum Gasteiger partial charge on any atom is 0.220 e. The minimum Gasteiger partial charge on any atom is -0.353 e. The van der Waals surface area contributed by atoms with Crippen molar-refractivity contribution < 1.29 is 4.79 Å². The van der Waals surface area contributed by atoms with Gasteiger partial charge in [0.2, 0.25) is 5.91 Å². The number of carbonyl (C=O) groups excluding carboxylic acids is 1. The number of nitrogens with one attached hydrogen (secondary N) is 2. The molecule has 112 valence electrons. The fourth-order valence-corrected chi connectivity index (χ4v) is 3.85. The van der Waals surface area contributed by atoms with E-state index < -0.39 is 0 Å². The Kier molecular flexibility index (Phi) is 5.61. The molecule has 1 aliphatic heterocycles. The lowest BCUT2D eigenvalue weighted by Crippen LogP contribution is -2.48. The van der Waals surface area contributed by atoms with E-state index in [0.717, 1.165) is 32.4 Å². The zero-order valence-electron chi connectivity index (χ0n) is 12.8. The Morgan fingerprint density at radius 2 is 2.30 bits per heavy atom. The van der Waals surface area contributed by atoms with Crippen molar-refractivity contribution in [2.45, 2.75) is 52.5 Å². The molecule has 2 rings (SSSR count). The summed E-state index contributed by atoms with van der Waals surface area (Å²) in [5.41, 5.74) is 1.41. The molecule has 1 amide bonds. The van der Waals surface area contributed by atoms with E-state index in [-0.39, 0.29) is 5.91 Å². The van der Waals surface area contributed by atoms with Crippen LogP contribution in [0.2, 0.25) is 0 Å². The first-order valence-electron chi connectivity index (χ1n) is 7.62. The number of amides is 1. The van der Waals surface area contributed by atoms with Gasteiger partial charge in [0, 0.05) is 22.2 Å². The third-order valence-electron chi connectivity index (χ3n) is 4.13. The Labute approximate surface area is 126 Å². The van der Waals surface area contributed by atoms with Crippen molar-refractivity contribution in [3.05, 3.63) is 21.4 Å². The molecule has 20 heavy (non-hydrogen) atoms. The van der Waals surface area contributed by atoms with E-state index in [4.69, 9.17) is 0 Å². The number of piperidine rings is 1. The predicted molar refractivity (Wildman–Crippen MR) is 85.3 cm³/mol. The normalized spacial score (nSPS) is 22.8. The van der Waals surface area contributed by atoms with Crippen LogP contribution in [0.3, 0.4) is 0 Å². The standard InChI is InChI=1S/C16H26N2OS/c1-11-10-17-8-7-15(11)18-16(19)6-4-5-14-9-12(2)20-13(14)3/h9,11,15,17H,4-8,10H2,1-3H3,(H,18,19). The minimum atomic E-state index is 0.216. The van der Waals surface area contributed by atoms with Crippen LogP contribution in [0.1, 0.15) is 41.5 Å². The fraction of sp³-hybridized carbons (Fsp3) is 0.688. The maximum absolute atomic E-state index is 12.0. The Bertz CT molecular complexity index is 455. The molecule has 1 aliphatic rings. The van der Waals surface area contributed by atoms with E-state index in [0.29, 0.717) is 18.4 Å². The van der Waals surface area contributed by atoms with Gasteiger partial charge in [-0.2, -0.15) is 0 Å². The van der Waals surface area contributed by atoms with Crippen LogP contribution in [0, 0.1) is 19.8 Å². The van der Waals surface area contributed by atoms with E-state index in [1.54, 1.807) is 0 Å². The molecule has 0 spiro atoms. The highest BCUT2D eigenvalue weighted by atomic mass is 32.1. The molecular formula is C16H26N2OS. The fourth-order valence-electron chi connectivity index (χ4n) is 2.88. The lowest BCUT2D eigenvalue weighted by atomic mass is 9.95. The summed E-state index contributed by atoms with van der Waals surface area (Å²) in [7, 11) is 0. The molecule has 3 nitrogen and oxygen atoms in total. The summed E-state index contributed by atoms with van der Waals surface area (Å²) in [4.78, 5) is 14.8. The Morgan fingerprint density at radius 1 is 1.50 bits per heavy atom. The van der Waals surface area contributed by atoms with Crippen LogP contribution in [0.15, 0.2) is 6.07 Å². The average Bonchev–Trinajstić information content (AvgIpc) is 2.71. The van der Waals surface area contributed by atoms with E-state index in [2.05, 4.69) is 37.5 Å². The van der Waals surface area contributed by atoms with Gasteiger partial charge in [0.05, 0.1) is 0 Å². The van der Waals surface area contributed by atoms with Gasteiger partial charge in [-0.1, -0.05) is 6.92 Å². The number of hydrogen-bond acceptors (Lipinski definition) is 3. The SMILES string of the molecule is Cc1cc(CCCC(=O)NC2CCNCC2C)c(C)s1. The summed E-state index contributed by atoms with van der Waals surface area (Å²) in [6.45, 7) is 8.55. The molecule has 0 saturated carbocycles.